The Labute approximate surface area is 67.7 Å². The second-order valence-electron chi connectivity index (χ2n) is 2.77. The third-order valence-electron chi connectivity index (χ3n) is 1.66. The van der Waals surface area contributed by atoms with Crippen LogP contribution in [0.15, 0.2) is 12.7 Å². The molecule has 0 aliphatic rings. The summed E-state index contributed by atoms with van der Waals surface area (Å²) in [4.78, 5) is 11.2. The maximum atomic E-state index is 11.2. The van der Waals surface area contributed by atoms with Crippen molar-refractivity contribution in [2.24, 2.45) is 5.73 Å². The molecule has 0 radical (unpaired) electrons. The molecule has 0 aromatic heterocycles. The molecule has 1 atom stereocenters. The molecule has 0 aromatic carbocycles. The number of hydrogen-bond donors (Lipinski definition) is 2. The maximum Gasteiger partial charge on any atom is 0.240 e. The molecule has 0 spiro atoms. The summed E-state index contributed by atoms with van der Waals surface area (Å²) in [6.07, 6.45) is 2.26. The SMILES string of the molecule is C=CCNC(=O)C(C)(N)CC. The zero-order chi connectivity index (χ0) is 8.91. The topological polar surface area (TPSA) is 55.1 Å². The lowest BCUT2D eigenvalue weighted by atomic mass is 10.00. The fraction of sp³-hybridized carbons (Fsp3) is 0.625. The van der Waals surface area contributed by atoms with E-state index in [1.807, 2.05) is 6.92 Å². The van der Waals surface area contributed by atoms with Crippen LogP contribution in [-0.2, 0) is 4.79 Å². The van der Waals surface area contributed by atoms with Crippen molar-refractivity contribution in [2.45, 2.75) is 25.8 Å². The van der Waals surface area contributed by atoms with E-state index in [1.165, 1.54) is 0 Å². The highest BCUT2D eigenvalue weighted by Crippen LogP contribution is 2.03. The Balaban J connectivity index is 3.91. The number of rotatable bonds is 4. The van der Waals surface area contributed by atoms with E-state index in [2.05, 4.69) is 11.9 Å². The van der Waals surface area contributed by atoms with Crippen LogP contribution in [0.4, 0.5) is 0 Å². The number of carbonyl (C=O) groups is 1. The quantitative estimate of drug-likeness (QED) is 0.579. The second-order valence-corrected chi connectivity index (χ2v) is 2.77. The molecule has 0 heterocycles. The molecule has 0 aliphatic heterocycles. The van der Waals surface area contributed by atoms with E-state index in [0.29, 0.717) is 13.0 Å². The first-order chi connectivity index (χ1) is 5.04. The van der Waals surface area contributed by atoms with Crippen LogP contribution in [0, 0.1) is 0 Å². The molecule has 1 unspecified atom stereocenters. The molecule has 11 heavy (non-hydrogen) atoms. The van der Waals surface area contributed by atoms with Crippen LogP contribution in [0.25, 0.3) is 0 Å². The van der Waals surface area contributed by atoms with Gasteiger partial charge in [0.15, 0.2) is 0 Å². The molecular formula is C8H16N2O. The van der Waals surface area contributed by atoms with E-state index >= 15 is 0 Å². The summed E-state index contributed by atoms with van der Waals surface area (Å²) in [6.45, 7) is 7.56. The molecule has 0 bridgehead atoms. The van der Waals surface area contributed by atoms with Gasteiger partial charge in [-0.25, -0.2) is 0 Å². The van der Waals surface area contributed by atoms with E-state index in [-0.39, 0.29) is 5.91 Å². The fourth-order valence-corrected chi connectivity index (χ4v) is 0.527. The maximum absolute atomic E-state index is 11.2. The zero-order valence-electron chi connectivity index (χ0n) is 7.18. The summed E-state index contributed by atoms with van der Waals surface area (Å²) in [5, 5.41) is 2.64. The largest absolute Gasteiger partial charge is 0.351 e. The van der Waals surface area contributed by atoms with Crippen molar-refractivity contribution in [3.63, 3.8) is 0 Å². The van der Waals surface area contributed by atoms with Gasteiger partial charge >= 0.3 is 0 Å². The number of nitrogens with one attached hydrogen (secondary N) is 1. The molecule has 1 amide bonds. The van der Waals surface area contributed by atoms with E-state index in [1.54, 1.807) is 13.0 Å². The first kappa shape index (κ1) is 10.2. The Morgan fingerprint density at radius 3 is 2.73 bits per heavy atom. The minimum absolute atomic E-state index is 0.125. The number of carbonyl (C=O) groups excluding carboxylic acids is 1. The Kier molecular flexibility index (Phi) is 3.82. The van der Waals surface area contributed by atoms with E-state index in [9.17, 15) is 4.79 Å². The molecular weight excluding hydrogens is 140 g/mol. The minimum Gasteiger partial charge on any atom is -0.351 e. The van der Waals surface area contributed by atoms with Crippen molar-refractivity contribution in [3.8, 4) is 0 Å². The number of nitrogens with two attached hydrogens (primary N) is 1. The van der Waals surface area contributed by atoms with Crippen molar-refractivity contribution in [2.75, 3.05) is 6.54 Å². The summed E-state index contributed by atoms with van der Waals surface area (Å²) >= 11 is 0. The van der Waals surface area contributed by atoms with Crippen LogP contribution in [0.2, 0.25) is 0 Å². The van der Waals surface area contributed by atoms with Gasteiger partial charge in [-0.2, -0.15) is 0 Å². The van der Waals surface area contributed by atoms with Gasteiger partial charge in [-0.05, 0) is 13.3 Å². The molecule has 64 valence electrons. The van der Waals surface area contributed by atoms with Crippen LogP contribution in [0.5, 0.6) is 0 Å². The van der Waals surface area contributed by atoms with Gasteiger partial charge in [0, 0.05) is 6.54 Å². The molecule has 0 saturated carbocycles. The summed E-state index contributed by atoms with van der Waals surface area (Å²) in [5.41, 5.74) is 4.91. The van der Waals surface area contributed by atoms with Crippen LogP contribution in [-0.4, -0.2) is 18.0 Å². The lowest BCUT2D eigenvalue weighted by Gasteiger charge is -2.20. The van der Waals surface area contributed by atoms with Crippen molar-refractivity contribution in [1.82, 2.24) is 5.32 Å². The van der Waals surface area contributed by atoms with Crippen molar-refractivity contribution in [3.05, 3.63) is 12.7 Å². The lowest BCUT2D eigenvalue weighted by molar-refractivity contribution is -0.125. The van der Waals surface area contributed by atoms with Gasteiger partial charge in [0.25, 0.3) is 0 Å². The highest BCUT2D eigenvalue weighted by atomic mass is 16.2. The Morgan fingerprint density at radius 2 is 2.36 bits per heavy atom. The minimum atomic E-state index is -0.747. The molecule has 3 heteroatoms. The van der Waals surface area contributed by atoms with E-state index in [0.717, 1.165) is 0 Å². The monoisotopic (exact) mass is 156 g/mol. The molecule has 0 fully saturated rings. The van der Waals surface area contributed by atoms with Gasteiger partial charge in [-0.1, -0.05) is 13.0 Å². The molecule has 0 aliphatic carbocycles. The predicted octanol–water partition coefficient (Wildman–Crippen LogP) is 0.416. The van der Waals surface area contributed by atoms with Gasteiger partial charge in [0.1, 0.15) is 0 Å². The van der Waals surface area contributed by atoms with Crippen LogP contribution < -0.4 is 11.1 Å². The average molecular weight is 156 g/mol. The highest BCUT2D eigenvalue weighted by molar-refractivity contribution is 5.85. The van der Waals surface area contributed by atoms with Gasteiger partial charge in [-0.3, -0.25) is 4.79 Å². The van der Waals surface area contributed by atoms with Crippen molar-refractivity contribution in [1.29, 1.82) is 0 Å². The Bertz CT molecular complexity index is 152. The number of hydrogen-bond acceptors (Lipinski definition) is 2. The van der Waals surface area contributed by atoms with Crippen molar-refractivity contribution < 1.29 is 4.79 Å². The van der Waals surface area contributed by atoms with Gasteiger partial charge < -0.3 is 11.1 Å². The number of amides is 1. The Morgan fingerprint density at radius 1 is 1.82 bits per heavy atom. The molecule has 3 N–H and O–H groups in total. The lowest BCUT2D eigenvalue weighted by Crippen LogP contribution is -2.51. The first-order valence-corrected chi connectivity index (χ1v) is 3.72. The second kappa shape index (κ2) is 4.13. The summed E-state index contributed by atoms with van der Waals surface area (Å²) in [5.74, 6) is -0.125. The van der Waals surface area contributed by atoms with Crippen molar-refractivity contribution >= 4 is 5.91 Å². The summed E-state index contributed by atoms with van der Waals surface area (Å²) in [7, 11) is 0. The highest BCUT2D eigenvalue weighted by Gasteiger charge is 2.24. The van der Waals surface area contributed by atoms with E-state index in [4.69, 9.17) is 5.73 Å². The summed E-state index contributed by atoms with van der Waals surface area (Å²) < 4.78 is 0. The Hall–Kier alpha value is -0.830. The smallest absolute Gasteiger partial charge is 0.240 e. The third kappa shape index (κ3) is 3.18. The zero-order valence-corrected chi connectivity index (χ0v) is 7.18. The first-order valence-electron chi connectivity index (χ1n) is 3.72. The average Bonchev–Trinajstić information content (AvgIpc) is 2.00. The molecule has 3 nitrogen and oxygen atoms in total. The molecule has 0 saturated heterocycles. The fourth-order valence-electron chi connectivity index (χ4n) is 0.527. The van der Waals surface area contributed by atoms with Crippen LogP contribution >= 0.6 is 0 Å². The standard InChI is InChI=1S/C8H16N2O/c1-4-6-10-7(11)8(3,9)5-2/h4H,1,5-6,9H2,2-3H3,(H,10,11). The van der Waals surface area contributed by atoms with Gasteiger partial charge in [0.05, 0.1) is 5.54 Å². The van der Waals surface area contributed by atoms with E-state index < -0.39 is 5.54 Å². The summed E-state index contributed by atoms with van der Waals surface area (Å²) in [6, 6.07) is 0. The van der Waals surface area contributed by atoms with Crippen LogP contribution in [0.1, 0.15) is 20.3 Å². The van der Waals surface area contributed by atoms with Gasteiger partial charge in [-0.15, -0.1) is 6.58 Å². The van der Waals surface area contributed by atoms with Gasteiger partial charge in [0.2, 0.25) is 5.91 Å². The third-order valence-corrected chi connectivity index (χ3v) is 1.66. The predicted molar refractivity (Wildman–Crippen MR) is 46.1 cm³/mol. The normalized spacial score (nSPS) is 15.2. The molecule has 0 rings (SSSR count). The van der Waals surface area contributed by atoms with Crippen LogP contribution in [0.3, 0.4) is 0 Å². The molecule has 0 aromatic rings.